The number of pyridine rings is 2. The molecule has 0 spiro atoms. The maximum atomic E-state index is 13.6. The number of anilines is 1. The summed E-state index contributed by atoms with van der Waals surface area (Å²) in [5.41, 5.74) is 3.04. The van der Waals surface area contributed by atoms with E-state index in [0.717, 1.165) is 30.5 Å². The molecule has 7 nitrogen and oxygen atoms in total. The molecule has 2 aliphatic rings. The van der Waals surface area contributed by atoms with Crippen LogP contribution in [0, 0.1) is 19.8 Å². The predicted octanol–water partition coefficient (Wildman–Crippen LogP) is 3.92. The van der Waals surface area contributed by atoms with Gasteiger partial charge in [-0.25, -0.2) is 15.0 Å². The Hall–Kier alpha value is -3.06. The molecule has 3 aromatic heterocycles. The third kappa shape index (κ3) is 3.74. The summed E-state index contributed by atoms with van der Waals surface area (Å²) in [6.45, 7) is 4.65. The fraction of sp³-hybridized carbons (Fsp3) is 0.348. The second-order valence-electron chi connectivity index (χ2n) is 8.44. The summed E-state index contributed by atoms with van der Waals surface area (Å²) in [5.74, 6) is 1.56. The van der Waals surface area contributed by atoms with Crippen LogP contribution >= 0.6 is 11.6 Å². The number of rotatable bonds is 4. The maximum Gasteiger partial charge on any atom is 0.273 e. The number of piperidine rings is 1. The quantitative estimate of drug-likeness (QED) is 0.670. The summed E-state index contributed by atoms with van der Waals surface area (Å²) < 4.78 is 0. The van der Waals surface area contributed by atoms with Crippen LogP contribution in [0.3, 0.4) is 0 Å². The molecule has 158 valence electrons. The lowest BCUT2D eigenvalue weighted by molar-refractivity contribution is 0.0687. The third-order valence-corrected chi connectivity index (χ3v) is 6.36. The van der Waals surface area contributed by atoms with Gasteiger partial charge in [0.25, 0.3) is 5.91 Å². The van der Waals surface area contributed by atoms with Gasteiger partial charge in [-0.05, 0) is 61.9 Å². The molecule has 0 aromatic carbocycles. The van der Waals surface area contributed by atoms with Gasteiger partial charge in [-0.2, -0.15) is 0 Å². The van der Waals surface area contributed by atoms with E-state index in [4.69, 9.17) is 11.6 Å². The third-order valence-electron chi connectivity index (χ3n) is 6.08. The molecule has 1 N–H and O–H groups in total. The normalized spacial score (nSPS) is 22.0. The number of aryl methyl sites for hydroxylation is 2. The molecule has 5 rings (SSSR count). The monoisotopic (exact) mass is 434 g/mol. The average molecular weight is 435 g/mol. The SMILES string of the molecule is Cc1cnc(NC2CC3CC2N(C(=O)c2ncc(C)cc2-c2ncccn2)C3)c(Cl)c1. The first-order chi connectivity index (χ1) is 15.0. The molecule has 8 heteroatoms. The number of halogens is 1. The smallest absolute Gasteiger partial charge is 0.273 e. The summed E-state index contributed by atoms with van der Waals surface area (Å²) in [6.07, 6.45) is 8.84. The Morgan fingerprint density at radius 3 is 2.55 bits per heavy atom. The van der Waals surface area contributed by atoms with Gasteiger partial charge < -0.3 is 10.2 Å². The van der Waals surface area contributed by atoms with E-state index in [-0.39, 0.29) is 18.0 Å². The Labute approximate surface area is 185 Å². The van der Waals surface area contributed by atoms with Crippen LogP contribution in [0.15, 0.2) is 43.0 Å². The predicted molar refractivity (Wildman–Crippen MR) is 119 cm³/mol. The first-order valence-corrected chi connectivity index (χ1v) is 10.8. The van der Waals surface area contributed by atoms with Gasteiger partial charge in [0.05, 0.1) is 16.6 Å². The van der Waals surface area contributed by atoms with Crippen molar-refractivity contribution in [1.82, 2.24) is 24.8 Å². The summed E-state index contributed by atoms with van der Waals surface area (Å²) >= 11 is 6.38. The number of hydrogen-bond acceptors (Lipinski definition) is 6. The minimum Gasteiger partial charge on any atom is -0.364 e. The number of carbonyl (C=O) groups is 1. The number of aromatic nitrogens is 4. The Kier molecular flexibility index (Phi) is 5.06. The van der Waals surface area contributed by atoms with Crippen molar-refractivity contribution in [3.63, 3.8) is 0 Å². The van der Waals surface area contributed by atoms with E-state index in [9.17, 15) is 4.79 Å². The second kappa shape index (κ2) is 7.89. The Morgan fingerprint density at radius 1 is 1.06 bits per heavy atom. The van der Waals surface area contributed by atoms with Crippen LogP contribution in [0.25, 0.3) is 11.4 Å². The van der Waals surface area contributed by atoms with Crippen LogP contribution in [0.5, 0.6) is 0 Å². The Balaban J connectivity index is 1.42. The van der Waals surface area contributed by atoms with Crippen molar-refractivity contribution < 1.29 is 4.79 Å². The maximum absolute atomic E-state index is 13.6. The lowest BCUT2D eigenvalue weighted by Crippen LogP contribution is -2.48. The van der Waals surface area contributed by atoms with E-state index in [0.29, 0.717) is 33.8 Å². The fourth-order valence-electron chi connectivity index (χ4n) is 4.71. The number of nitrogens with zero attached hydrogens (tertiary/aromatic N) is 5. The van der Waals surface area contributed by atoms with Crippen LogP contribution in [-0.2, 0) is 0 Å². The van der Waals surface area contributed by atoms with Gasteiger partial charge >= 0.3 is 0 Å². The topological polar surface area (TPSA) is 83.9 Å². The highest BCUT2D eigenvalue weighted by Crippen LogP contribution is 2.40. The number of likely N-dealkylation sites (tertiary alicyclic amines) is 1. The number of carbonyl (C=O) groups excluding carboxylic acids is 1. The van der Waals surface area contributed by atoms with Crippen LogP contribution in [0.2, 0.25) is 5.02 Å². The van der Waals surface area contributed by atoms with E-state index >= 15 is 0 Å². The lowest BCUT2D eigenvalue weighted by Gasteiger charge is -2.34. The first kappa shape index (κ1) is 19.9. The molecular weight excluding hydrogens is 412 g/mol. The van der Waals surface area contributed by atoms with E-state index in [1.807, 2.05) is 30.9 Å². The molecule has 1 aliphatic heterocycles. The average Bonchev–Trinajstić information content (AvgIpc) is 3.36. The summed E-state index contributed by atoms with van der Waals surface area (Å²) in [6, 6.07) is 5.76. The van der Waals surface area contributed by atoms with Crippen molar-refractivity contribution in [2.75, 3.05) is 11.9 Å². The van der Waals surface area contributed by atoms with Crippen molar-refractivity contribution >= 4 is 23.3 Å². The molecule has 0 radical (unpaired) electrons. The minimum absolute atomic E-state index is 0.0734. The zero-order chi connectivity index (χ0) is 21.5. The molecule has 4 heterocycles. The zero-order valence-electron chi connectivity index (χ0n) is 17.4. The van der Waals surface area contributed by atoms with Gasteiger partial charge in [0.1, 0.15) is 11.5 Å². The van der Waals surface area contributed by atoms with Gasteiger partial charge in [0.15, 0.2) is 5.82 Å². The van der Waals surface area contributed by atoms with Crippen LogP contribution in [0.1, 0.15) is 34.5 Å². The van der Waals surface area contributed by atoms with Gasteiger partial charge in [0, 0.05) is 37.4 Å². The molecule has 3 unspecified atom stereocenters. The van der Waals surface area contributed by atoms with E-state index in [1.165, 1.54) is 0 Å². The van der Waals surface area contributed by atoms with Gasteiger partial charge in [-0.15, -0.1) is 0 Å². The van der Waals surface area contributed by atoms with Gasteiger partial charge in [-0.1, -0.05) is 11.6 Å². The molecule has 1 saturated carbocycles. The lowest BCUT2D eigenvalue weighted by atomic mass is 10.0. The van der Waals surface area contributed by atoms with Gasteiger partial charge in [-0.3, -0.25) is 9.78 Å². The summed E-state index contributed by atoms with van der Waals surface area (Å²) in [5, 5.41) is 4.08. The molecule has 1 amide bonds. The molecule has 31 heavy (non-hydrogen) atoms. The minimum atomic E-state index is -0.0792. The molecular formula is C23H23ClN6O. The first-order valence-electron chi connectivity index (χ1n) is 10.4. The molecule has 1 aliphatic carbocycles. The summed E-state index contributed by atoms with van der Waals surface area (Å²) in [7, 11) is 0. The number of hydrogen-bond donors (Lipinski definition) is 1. The Bertz CT molecular complexity index is 1140. The van der Waals surface area contributed by atoms with E-state index in [1.54, 1.807) is 30.9 Å². The largest absolute Gasteiger partial charge is 0.364 e. The standard InChI is InChI=1S/C23H23ClN6O/c1-13-6-16(21-25-4-3-5-26-21)20(27-10-13)23(31)30-12-15-8-18(19(30)9-15)29-22-17(24)7-14(2)11-28-22/h3-7,10-11,15,18-19H,8-9,12H2,1-2H3,(H,28,29). The highest BCUT2D eigenvalue weighted by Gasteiger charge is 2.47. The zero-order valence-corrected chi connectivity index (χ0v) is 18.2. The highest BCUT2D eigenvalue weighted by atomic mass is 35.5. The number of amides is 1. The van der Waals surface area contributed by atoms with Crippen LogP contribution in [0.4, 0.5) is 5.82 Å². The molecule has 2 bridgehead atoms. The van der Waals surface area contributed by atoms with Crippen molar-refractivity contribution in [3.05, 3.63) is 64.8 Å². The highest BCUT2D eigenvalue weighted by molar-refractivity contribution is 6.33. The molecule has 2 fully saturated rings. The van der Waals surface area contributed by atoms with Gasteiger partial charge in [0.2, 0.25) is 0 Å². The number of fused-ring (bicyclic) bond motifs is 2. The van der Waals surface area contributed by atoms with Crippen molar-refractivity contribution in [1.29, 1.82) is 0 Å². The summed E-state index contributed by atoms with van der Waals surface area (Å²) in [4.78, 5) is 33.1. The van der Waals surface area contributed by atoms with Crippen molar-refractivity contribution in [2.24, 2.45) is 5.92 Å². The van der Waals surface area contributed by atoms with Crippen LogP contribution in [-0.4, -0.2) is 49.4 Å². The van der Waals surface area contributed by atoms with Crippen molar-refractivity contribution in [3.8, 4) is 11.4 Å². The van der Waals surface area contributed by atoms with Crippen molar-refractivity contribution in [2.45, 2.75) is 38.8 Å². The fourth-order valence-corrected chi connectivity index (χ4v) is 4.99. The number of nitrogens with one attached hydrogen (secondary N) is 1. The van der Waals surface area contributed by atoms with Crippen LogP contribution < -0.4 is 5.32 Å². The molecule has 3 aromatic rings. The molecule has 3 atom stereocenters. The molecule has 1 saturated heterocycles. The van der Waals surface area contributed by atoms with E-state index in [2.05, 4.69) is 25.3 Å². The Morgan fingerprint density at radius 2 is 1.81 bits per heavy atom. The second-order valence-corrected chi connectivity index (χ2v) is 8.84. The van der Waals surface area contributed by atoms with E-state index < -0.39 is 0 Å².